The monoisotopic (exact) mass is 475 g/mol. The maximum atomic E-state index is 6.18. The molecule has 1 aromatic heterocycles. The van der Waals surface area contributed by atoms with E-state index in [0.717, 1.165) is 64.9 Å². The van der Waals surface area contributed by atoms with Crippen LogP contribution in [-0.4, -0.2) is 90.3 Å². The number of hydrogen-bond donors (Lipinski definition) is 1. The van der Waals surface area contributed by atoms with E-state index < -0.39 is 0 Å². The summed E-state index contributed by atoms with van der Waals surface area (Å²) in [6, 6.07) is 1.83. The third-order valence-electron chi connectivity index (χ3n) is 4.63. The number of guanidine groups is 1. The Balaban J connectivity index is 0.00000243. The Bertz CT molecular complexity index is 576. The van der Waals surface area contributed by atoms with Crippen molar-refractivity contribution in [3.63, 3.8) is 0 Å². The summed E-state index contributed by atoms with van der Waals surface area (Å²) in [6.07, 6.45) is 3.55. The molecule has 2 aliphatic rings. The Kier molecular flexibility index (Phi) is 7.84. The number of halogens is 1. The molecule has 2 saturated heterocycles. The number of nitrogens with zero attached hydrogens (tertiary/aromatic N) is 6. The molecule has 0 aliphatic carbocycles. The number of piperazine rings is 1. The largest absolute Gasteiger partial charge is 0.373 e. The van der Waals surface area contributed by atoms with Crippen molar-refractivity contribution in [2.75, 3.05) is 63.9 Å². The van der Waals surface area contributed by atoms with Crippen molar-refractivity contribution in [1.29, 1.82) is 0 Å². The summed E-state index contributed by atoms with van der Waals surface area (Å²) in [4.78, 5) is 19.9. The molecule has 9 heteroatoms. The van der Waals surface area contributed by atoms with E-state index in [1.165, 1.54) is 0 Å². The van der Waals surface area contributed by atoms with Gasteiger partial charge in [0.15, 0.2) is 5.96 Å². The molecule has 3 heterocycles. The zero-order valence-corrected chi connectivity index (χ0v) is 18.0. The maximum Gasteiger partial charge on any atom is 0.225 e. The van der Waals surface area contributed by atoms with Gasteiger partial charge in [0.1, 0.15) is 0 Å². The van der Waals surface area contributed by atoms with E-state index in [0.29, 0.717) is 5.96 Å². The van der Waals surface area contributed by atoms with Crippen LogP contribution in [0.3, 0.4) is 0 Å². The number of anilines is 1. The fourth-order valence-corrected chi connectivity index (χ4v) is 3.30. The molecule has 26 heavy (non-hydrogen) atoms. The van der Waals surface area contributed by atoms with Crippen LogP contribution in [0.1, 0.15) is 13.8 Å². The third kappa shape index (κ3) is 5.92. The average molecular weight is 475 g/mol. The van der Waals surface area contributed by atoms with Gasteiger partial charge in [-0.1, -0.05) is 0 Å². The molecule has 2 aliphatic heterocycles. The molecule has 146 valence electrons. The van der Waals surface area contributed by atoms with E-state index in [-0.39, 0.29) is 29.6 Å². The topological polar surface area (TPSA) is 83.1 Å². The van der Waals surface area contributed by atoms with Crippen LogP contribution in [-0.2, 0) is 4.74 Å². The van der Waals surface area contributed by atoms with Crippen LogP contribution in [0, 0.1) is 0 Å². The standard InChI is InChI=1S/C17H29N7O.HI/c1-17(2)14-22(12-13-25-17)7-6-19-15(18)23-8-10-24(11-9-23)16-20-4-3-5-21-16;/h3-5H,6-14H2,1-2H3,(H2,18,19);1H. The molecule has 0 amide bonds. The normalized spacial score (nSPS) is 21.4. The fraction of sp³-hybridized carbons (Fsp3) is 0.706. The van der Waals surface area contributed by atoms with E-state index in [2.05, 4.69) is 43.5 Å². The van der Waals surface area contributed by atoms with E-state index in [1.807, 2.05) is 6.07 Å². The molecule has 0 saturated carbocycles. The Labute approximate surface area is 172 Å². The van der Waals surface area contributed by atoms with Crippen LogP contribution in [0.15, 0.2) is 23.5 Å². The summed E-state index contributed by atoms with van der Waals surface area (Å²) >= 11 is 0. The summed E-state index contributed by atoms with van der Waals surface area (Å²) in [6.45, 7) is 12.0. The lowest BCUT2D eigenvalue weighted by Gasteiger charge is -2.38. The van der Waals surface area contributed by atoms with Crippen molar-refractivity contribution in [3.05, 3.63) is 18.5 Å². The highest BCUT2D eigenvalue weighted by Gasteiger charge is 2.26. The summed E-state index contributed by atoms with van der Waals surface area (Å²) in [5.41, 5.74) is 6.12. The van der Waals surface area contributed by atoms with Gasteiger partial charge >= 0.3 is 0 Å². The maximum absolute atomic E-state index is 6.18. The molecule has 0 atom stereocenters. The zero-order chi connectivity index (χ0) is 17.7. The molecular formula is C17H30IN7O. The lowest BCUT2D eigenvalue weighted by Crippen LogP contribution is -2.52. The zero-order valence-electron chi connectivity index (χ0n) is 15.7. The molecule has 2 fully saturated rings. The first-order valence-corrected chi connectivity index (χ1v) is 8.97. The van der Waals surface area contributed by atoms with Gasteiger partial charge in [0.2, 0.25) is 5.95 Å². The quantitative estimate of drug-likeness (QED) is 0.389. The molecule has 2 N–H and O–H groups in total. The van der Waals surface area contributed by atoms with Crippen molar-refractivity contribution in [2.24, 2.45) is 10.7 Å². The van der Waals surface area contributed by atoms with Crippen molar-refractivity contribution in [3.8, 4) is 0 Å². The lowest BCUT2D eigenvalue weighted by atomic mass is 10.1. The van der Waals surface area contributed by atoms with E-state index in [4.69, 9.17) is 10.5 Å². The van der Waals surface area contributed by atoms with Crippen molar-refractivity contribution in [1.82, 2.24) is 19.8 Å². The summed E-state index contributed by atoms with van der Waals surface area (Å²) in [5, 5.41) is 0. The lowest BCUT2D eigenvalue weighted by molar-refractivity contribution is -0.0850. The van der Waals surface area contributed by atoms with Crippen LogP contribution in [0.5, 0.6) is 0 Å². The van der Waals surface area contributed by atoms with Gasteiger partial charge in [-0.15, -0.1) is 24.0 Å². The number of rotatable bonds is 4. The van der Waals surface area contributed by atoms with Gasteiger partial charge in [-0.3, -0.25) is 9.89 Å². The van der Waals surface area contributed by atoms with E-state index >= 15 is 0 Å². The molecule has 3 rings (SSSR count). The molecular weight excluding hydrogens is 445 g/mol. The van der Waals surface area contributed by atoms with E-state index in [9.17, 15) is 0 Å². The molecule has 0 unspecified atom stereocenters. The van der Waals surface area contributed by atoms with Gasteiger partial charge in [-0.25, -0.2) is 9.97 Å². The first-order chi connectivity index (χ1) is 12.0. The van der Waals surface area contributed by atoms with Gasteiger partial charge in [0.05, 0.1) is 18.8 Å². The predicted molar refractivity (Wildman–Crippen MR) is 114 cm³/mol. The van der Waals surface area contributed by atoms with Gasteiger partial charge in [0, 0.05) is 58.2 Å². The second-order valence-electron chi connectivity index (χ2n) is 7.15. The Morgan fingerprint density at radius 2 is 1.88 bits per heavy atom. The SMILES string of the molecule is CC1(C)CN(CCN=C(N)N2CCN(c3ncccn3)CC2)CCO1.I. The van der Waals surface area contributed by atoms with Gasteiger partial charge in [0.25, 0.3) is 0 Å². The summed E-state index contributed by atoms with van der Waals surface area (Å²) in [7, 11) is 0. The summed E-state index contributed by atoms with van der Waals surface area (Å²) < 4.78 is 5.74. The van der Waals surface area contributed by atoms with Crippen LogP contribution >= 0.6 is 24.0 Å². The third-order valence-corrected chi connectivity index (χ3v) is 4.63. The molecule has 0 bridgehead atoms. The minimum atomic E-state index is -0.0661. The van der Waals surface area contributed by atoms with Crippen LogP contribution < -0.4 is 10.6 Å². The number of ether oxygens (including phenoxy) is 1. The van der Waals surface area contributed by atoms with Crippen molar-refractivity contribution < 1.29 is 4.74 Å². The molecule has 0 radical (unpaired) electrons. The van der Waals surface area contributed by atoms with Crippen LogP contribution in [0.25, 0.3) is 0 Å². The smallest absolute Gasteiger partial charge is 0.225 e. The number of morpholine rings is 1. The Morgan fingerprint density at radius 1 is 1.19 bits per heavy atom. The highest BCUT2D eigenvalue weighted by Crippen LogP contribution is 2.16. The second-order valence-corrected chi connectivity index (χ2v) is 7.15. The molecule has 0 spiro atoms. The summed E-state index contributed by atoms with van der Waals surface area (Å²) in [5.74, 6) is 1.42. The minimum absolute atomic E-state index is 0. The predicted octanol–water partition coefficient (Wildman–Crippen LogP) is 0.642. The Hall–Kier alpha value is -1.20. The van der Waals surface area contributed by atoms with Crippen LogP contribution in [0.4, 0.5) is 5.95 Å². The number of nitrogens with two attached hydrogens (primary N) is 1. The average Bonchev–Trinajstić information content (AvgIpc) is 2.62. The second kappa shape index (κ2) is 9.65. The number of aromatic nitrogens is 2. The molecule has 8 nitrogen and oxygen atoms in total. The van der Waals surface area contributed by atoms with Gasteiger partial charge in [-0.05, 0) is 19.9 Å². The number of aliphatic imine (C=N–C) groups is 1. The Morgan fingerprint density at radius 3 is 2.54 bits per heavy atom. The number of hydrogen-bond acceptors (Lipinski definition) is 6. The fourth-order valence-electron chi connectivity index (χ4n) is 3.30. The van der Waals surface area contributed by atoms with Crippen molar-refractivity contribution >= 4 is 35.9 Å². The van der Waals surface area contributed by atoms with Gasteiger partial charge < -0.3 is 20.3 Å². The highest BCUT2D eigenvalue weighted by atomic mass is 127. The van der Waals surface area contributed by atoms with Crippen molar-refractivity contribution in [2.45, 2.75) is 19.4 Å². The van der Waals surface area contributed by atoms with Crippen LogP contribution in [0.2, 0.25) is 0 Å². The van der Waals surface area contributed by atoms with Gasteiger partial charge in [-0.2, -0.15) is 0 Å². The minimum Gasteiger partial charge on any atom is -0.373 e. The first kappa shape index (κ1) is 21.1. The molecule has 0 aromatic carbocycles. The molecule has 1 aromatic rings. The highest BCUT2D eigenvalue weighted by molar-refractivity contribution is 14.0. The van der Waals surface area contributed by atoms with E-state index in [1.54, 1.807) is 12.4 Å². The first-order valence-electron chi connectivity index (χ1n) is 8.97.